The average molecular weight is 269 g/mol. The number of ether oxygens (including phenoxy) is 1. The number of halogens is 2. The van der Waals surface area contributed by atoms with Crippen LogP contribution < -0.4 is 10.1 Å². The first kappa shape index (κ1) is 13.8. The van der Waals surface area contributed by atoms with Crippen LogP contribution in [0.25, 0.3) is 0 Å². The lowest BCUT2D eigenvalue weighted by molar-refractivity contribution is -0.128. The van der Waals surface area contributed by atoms with Gasteiger partial charge in [-0.1, -0.05) is 12.8 Å². The van der Waals surface area contributed by atoms with Gasteiger partial charge in [0, 0.05) is 12.1 Å². The lowest BCUT2D eigenvalue weighted by Crippen LogP contribution is -2.41. The van der Waals surface area contributed by atoms with Crippen molar-refractivity contribution < 1.29 is 18.3 Å². The van der Waals surface area contributed by atoms with E-state index in [-0.39, 0.29) is 17.7 Å². The van der Waals surface area contributed by atoms with Gasteiger partial charge in [0.2, 0.25) is 0 Å². The molecule has 1 atom stereocenters. The molecule has 1 aromatic rings. The molecule has 1 fully saturated rings. The standard InChI is InChI=1S/C14H17F2NO2/c1-9(14(18)17-11-4-2-3-5-11)19-13-7-6-10(15)8-12(13)16/h6-9,11H,2-5H2,1H3,(H,17,18)/t9-/m0/s1. The molecule has 0 spiro atoms. The predicted octanol–water partition coefficient (Wildman–Crippen LogP) is 2.79. The Kier molecular flexibility index (Phi) is 4.35. The van der Waals surface area contributed by atoms with Gasteiger partial charge in [-0.3, -0.25) is 4.79 Å². The third-order valence-corrected chi connectivity index (χ3v) is 3.27. The number of carbonyl (C=O) groups excluding carboxylic acids is 1. The van der Waals surface area contributed by atoms with Gasteiger partial charge in [0.15, 0.2) is 17.7 Å². The fourth-order valence-electron chi connectivity index (χ4n) is 2.20. The fourth-order valence-corrected chi connectivity index (χ4v) is 2.20. The number of hydrogen-bond acceptors (Lipinski definition) is 2. The van der Waals surface area contributed by atoms with E-state index in [0.717, 1.165) is 37.8 Å². The summed E-state index contributed by atoms with van der Waals surface area (Å²) in [5.41, 5.74) is 0. The predicted molar refractivity (Wildman–Crippen MR) is 66.8 cm³/mol. The highest BCUT2D eigenvalue weighted by Gasteiger charge is 2.22. The molecule has 1 saturated carbocycles. The Morgan fingerprint density at radius 1 is 1.37 bits per heavy atom. The molecule has 1 aromatic carbocycles. The van der Waals surface area contributed by atoms with Crippen LogP contribution >= 0.6 is 0 Å². The summed E-state index contributed by atoms with van der Waals surface area (Å²) in [4.78, 5) is 11.8. The number of rotatable bonds is 4. The third kappa shape index (κ3) is 3.66. The van der Waals surface area contributed by atoms with E-state index in [0.29, 0.717) is 0 Å². The summed E-state index contributed by atoms with van der Waals surface area (Å²) >= 11 is 0. The second kappa shape index (κ2) is 5.99. The Labute approximate surface area is 111 Å². The van der Waals surface area contributed by atoms with Crippen molar-refractivity contribution in [2.45, 2.75) is 44.8 Å². The number of hydrogen-bond donors (Lipinski definition) is 1. The van der Waals surface area contributed by atoms with E-state index < -0.39 is 17.7 Å². The number of benzene rings is 1. The van der Waals surface area contributed by atoms with Gasteiger partial charge < -0.3 is 10.1 Å². The van der Waals surface area contributed by atoms with Crippen LogP contribution in [-0.2, 0) is 4.79 Å². The van der Waals surface area contributed by atoms with Crippen molar-refractivity contribution in [1.29, 1.82) is 0 Å². The lowest BCUT2D eigenvalue weighted by atomic mass is 10.2. The van der Waals surface area contributed by atoms with Crippen molar-refractivity contribution in [2.75, 3.05) is 0 Å². The average Bonchev–Trinajstić information content (AvgIpc) is 2.85. The SMILES string of the molecule is C[C@H](Oc1ccc(F)cc1F)C(=O)NC1CCCC1. The molecular weight excluding hydrogens is 252 g/mol. The first-order valence-corrected chi connectivity index (χ1v) is 6.48. The number of nitrogens with one attached hydrogen (secondary N) is 1. The first-order valence-electron chi connectivity index (χ1n) is 6.48. The molecule has 0 radical (unpaired) electrons. The van der Waals surface area contributed by atoms with Gasteiger partial charge in [0.1, 0.15) is 5.82 Å². The molecule has 0 unspecified atom stereocenters. The molecule has 104 valence electrons. The van der Waals surface area contributed by atoms with E-state index in [4.69, 9.17) is 4.74 Å². The maximum Gasteiger partial charge on any atom is 0.260 e. The molecule has 1 amide bonds. The van der Waals surface area contributed by atoms with Crippen molar-refractivity contribution in [3.05, 3.63) is 29.8 Å². The molecule has 3 nitrogen and oxygen atoms in total. The van der Waals surface area contributed by atoms with Gasteiger partial charge in [0.05, 0.1) is 0 Å². The molecule has 2 rings (SSSR count). The zero-order valence-electron chi connectivity index (χ0n) is 10.8. The minimum absolute atomic E-state index is 0.115. The van der Waals surface area contributed by atoms with Gasteiger partial charge in [0.25, 0.3) is 5.91 Å². The molecule has 0 aromatic heterocycles. The van der Waals surface area contributed by atoms with Crippen molar-refractivity contribution >= 4 is 5.91 Å². The summed E-state index contributed by atoms with van der Waals surface area (Å²) in [6.45, 7) is 1.55. The third-order valence-electron chi connectivity index (χ3n) is 3.27. The van der Waals surface area contributed by atoms with Crippen LogP contribution in [0.5, 0.6) is 5.75 Å². The van der Waals surface area contributed by atoms with E-state index >= 15 is 0 Å². The Morgan fingerprint density at radius 2 is 2.05 bits per heavy atom. The monoisotopic (exact) mass is 269 g/mol. The van der Waals surface area contributed by atoms with Crippen LogP contribution in [-0.4, -0.2) is 18.1 Å². The Hall–Kier alpha value is -1.65. The topological polar surface area (TPSA) is 38.3 Å². The Morgan fingerprint density at radius 3 is 2.68 bits per heavy atom. The van der Waals surface area contributed by atoms with Gasteiger partial charge in [-0.15, -0.1) is 0 Å². The van der Waals surface area contributed by atoms with Gasteiger partial charge in [-0.2, -0.15) is 0 Å². The first-order chi connectivity index (χ1) is 9.06. The quantitative estimate of drug-likeness (QED) is 0.912. The van der Waals surface area contributed by atoms with Crippen LogP contribution in [0.1, 0.15) is 32.6 Å². The van der Waals surface area contributed by atoms with Crippen molar-refractivity contribution in [3.63, 3.8) is 0 Å². The largest absolute Gasteiger partial charge is 0.478 e. The van der Waals surface area contributed by atoms with Crippen molar-refractivity contribution in [3.8, 4) is 5.75 Å². The smallest absolute Gasteiger partial charge is 0.260 e. The molecule has 1 aliphatic carbocycles. The molecule has 0 bridgehead atoms. The number of amides is 1. The molecule has 0 aliphatic heterocycles. The van der Waals surface area contributed by atoms with Crippen molar-refractivity contribution in [1.82, 2.24) is 5.32 Å². The Balaban J connectivity index is 1.92. The molecule has 1 N–H and O–H groups in total. The highest BCUT2D eigenvalue weighted by atomic mass is 19.1. The highest BCUT2D eigenvalue weighted by Crippen LogP contribution is 2.20. The summed E-state index contributed by atoms with van der Waals surface area (Å²) in [5, 5.41) is 2.87. The van der Waals surface area contributed by atoms with Crippen LogP contribution in [0, 0.1) is 11.6 Å². The summed E-state index contributed by atoms with van der Waals surface area (Å²) < 4.78 is 31.3. The molecular formula is C14H17F2NO2. The second-order valence-corrected chi connectivity index (χ2v) is 4.82. The van der Waals surface area contributed by atoms with Gasteiger partial charge >= 0.3 is 0 Å². The van der Waals surface area contributed by atoms with E-state index in [1.807, 2.05) is 0 Å². The normalized spacial score (nSPS) is 17.2. The molecule has 5 heteroatoms. The summed E-state index contributed by atoms with van der Waals surface area (Å²) in [7, 11) is 0. The highest BCUT2D eigenvalue weighted by molar-refractivity contribution is 5.81. The number of carbonyl (C=O) groups is 1. The summed E-state index contributed by atoms with van der Waals surface area (Å²) in [6, 6.07) is 3.21. The maximum absolute atomic E-state index is 13.4. The van der Waals surface area contributed by atoms with Crippen molar-refractivity contribution in [2.24, 2.45) is 0 Å². The summed E-state index contributed by atoms with van der Waals surface area (Å²) in [6.07, 6.45) is 3.38. The van der Waals surface area contributed by atoms with E-state index in [1.165, 1.54) is 6.07 Å². The van der Waals surface area contributed by atoms with E-state index in [2.05, 4.69) is 5.32 Å². The van der Waals surface area contributed by atoms with Crippen LogP contribution in [0.15, 0.2) is 18.2 Å². The fraction of sp³-hybridized carbons (Fsp3) is 0.500. The zero-order chi connectivity index (χ0) is 13.8. The minimum atomic E-state index is -0.805. The molecule has 0 heterocycles. The maximum atomic E-state index is 13.4. The van der Waals surface area contributed by atoms with Crippen LogP contribution in [0.2, 0.25) is 0 Å². The summed E-state index contributed by atoms with van der Waals surface area (Å²) in [5.74, 6) is -1.86. The molecule has 1 aliphatic rings. The molecule has 0 saturated heterocycles. The lowest BCUT2D eigenvalue weighted by Gasteiger charge is -2.18. The Bertz CT molecular complexity index is 459. The van der Waals surface area contributed by atoms with Crippen LogP contribution in [0.4, 0.5) is 8.78 Å². The van der Waals surface area contributed by atoms with E-state index in [9.17, 15) is 13.6 Å². The zero-order valence-corrected chi connectivity index (χ0v) is 10.8. The van der Waals surface area contributed by atoms with Gasteiger partial charge in [-0.25, -0.2) is 8.78 Å². The van der Waals surface area contributed by atoms with Crippen LogP contribution in [0.3, 0.4) is 0 Å². The minimum Gasteiger partial charge on any atom is -0.478 e. The van der Waals surface area contributed by atoms with Gasteiger partial charge in [-0.05, 0) is 31.9 Å². The second-order valence-electron chi connectivity index (χ2n) is 4.82. The molecule has 19 heavy (non-hydrogen) atoms. The van der Waals surface area contributed by atoms with E-state index in [1.54, 1.807) is 6.92 Å².